The highest BCUT2D eigenvalue weighted by atomic mass is 79.9. The van der Waals surface area contributed by atoms with Crippen LogP contribution in [0.1, 0.15) is 0 Å². The second-order valence-corrected chi connectivity index (χ2v) is 4.39. The average molecular weight is 350 g/mol. The van der Waals surface area contributed by atoms with Crippen molar-refractivity contribution in [1.82, 2.24) is 10.2 Å². The van der Waals surface area contributed by atoms with E-state index in [2.05, 4.69) is 43.1 Å². The van der Waals surface area contributed by atoms with Crippen molar-refractivity contribution in [2.75, 3.05) is 13.1 Å². The molecular formula is C9H6Br2N2O3. The van der Waals surface area contributed by atoms with Crippen molar-refractivity contribution < 1.29 is 14.4 Å². The van der Waals surface area contributed by atoms with Gasteiger partial charge in [0.15, 0.2) is 0 Å². The topological polar surface area (TPSA) is 66.5 Å². The predicted octanol–water partition coefficient (Wildman–Crippen LogP) is 0.106. The van der Waals surface area contributed by atoms with Gasteiger partial charge in [-0.15, -0.1) is 6.42 Å². The number of terminal acetylenes is 1. The van der Waals surface area contributed by atoms with Crippen LogP contribution in [0.3, 0.4) is 0 Å². The van der Waals surface area contributed by atoms with Crippen LogP contribution in [0, 0.1) is 12.3 Å². The summed E-state index contributed by atoms with van der Waals surface area (Å²) in [6, 6.07) is 0. The molecule has 5 nitrogen and oxygen atoms in total. The molecule has 1 rings (SSSR count). The van der Waals surface area contributed by atoms with E-state index in [-0.39, 0.29) is 22.1 Å². The Bertz CT molecular complexity index is 413. The summed E-state index contributed by atoms with van der Waals surface area (Å²) >= 11 is 5.90. The van der Waals surface area contributed by atoms with Crippen LogP contribution < -0.4 is 5.32 Å². The molecule has 16 heavy (non-hydrogen) atoms. The van der Waals surface area contributed by atoms with Crippen LogP contribution >= 0.6 is 31.9 Å². The van der Waals surface area contributed by atoms with Crippen molar-refractivity contribution in [3.63, 3.8) is 0 Å². The molecule has 7 heteroatoms. The van der Waals surface area contributed by atoms with Crippen LogP contribution in [-0.2, 0) is 14.4 Å². The van der Waals surface area contributed by atoms with Gasteiger partial charge in [-0.25, -0.2) is 0 Å². The number of hydrogen-bond donors (Lipinski definition) is 1. The van der Waals surface area contributed by atoms with Crippen molar-refractivity contribution in [2.45, 2.75) is 0 Å². The number of hydrogen-bond acceptors (Lipinski definition) is 3. The Morgan fingerprint density at radius 3 is 2.25 bits per heavy atom. The summed E-state index contributed by atoms with van der Waals surface area (Å²) in [5, 5.41) is 2.36. The van der Waals surface area contributed by atoms with E-state index in [1.165, 1.54) is 0 Å². The number of nitrogens with zero attached hydrogens (tertiary/aromatic N) is 1. The molecule has 0 aliphatic carbocycles. The lowest BCUT2D eigenvalue weighted by atomic mass is 10.4. The van der Waals surface area contributed by atoms with Crippen LogP contribution in [0.5, 0.6) is 0 Å². The van der Waals surface area contributed by atoms with E-state index < -0.39 is 17.7 Å². The number of halogens is 2. The third-order valence-electron chi connectivity index (χ3n) is 1.75. The quantitative estimate of drug-likeness (QED) is 0.580. The summed E-state index contributed by atoms with van der Waals surface area (Å²) in [7, 11) is 0. The summed E-state index contributed by atoms with van der Waals surface area (Å²) in [4.78, 5) is 35.1. The van der Waals surface area contributed by atoms with Gasteiger partial charge in [-0.2, -0.15) is 0 Å². The zero-order valence-corrected chi connectivity index (χ0v) is 11.1. The second-order valence-electron chi connectivity index (χ2n) is 2.81. The highest BCUT2D eigenvalue weighted by Crippen LogP contribution is 2.28. The first kappa shape index (κ1) is 12.9. The van der Waals surface area contributed by atoms with Crippen molar-refractivity contribution in [3.05, 3.63) is 8.96 Å². The van der Waals surface area contributed by atoms with E-state index >= 15 is 0 Å². The Kier molecular flexibility index (Phi) is 4.26. The molecule has 0 saturated carbocycles. The summed E-state index contributed by atoms with van der Waals surface area (Å²) in [6.07, 6.45) is 4.95. The van der Waals surface area contributed by atoms with Gasteiger partial charge in [0.05, 0.1) is 6.54 Å². The molecule has 84 valence electrons. The Labute approximate surface area is 108 Å². The first-order valence-electron chi connectivity index (χ1n) is 4.10. The summed E-state index contributed by atoms with van der Waals surface area (Å²) in [5.74, 6) is 0.633. The average Bonchev–Trinajstić information content (AvgIpc) is 2.44. The Morgan fingerprint density at radius 1 is 1.31 bits per heavy atom. The minimum Gasteiger partial charge on any atom is -0.344 e. The predicted molar refractivity (Wildman–Crippen MR) is 63.4 cm³/mol. The monoisotopic (exact) mass is 348 g/mol. The second kappa shape index (κ2) is 5.27. The van der Waals surface area contributed by atoms with E-state index in [4.69, 9.17) is 6.42 Å². The summed E-state index contributed by atoms with van der Waals surface area (Å²) in [5.41, 5.74) is 0. The lowest BCUT2D eigenvalue weighted by Crippen LogP contribution is -2.41. The lowest BCUT2D eigenvalue weighted by molar-refractivity contribution is -0.141. The van der Waals surface area contributed by atoms with E-state index in [0.717, 1.165) is 4.90 Å². The number of carbonyl (C=O) groups is 3. The van der Waals surface area contributed by atoms with E-state index in [1.807, 2.05) is 0 Å². The van der Waals surface area contributed by atoms with E-state index in [1.54, 1.807) is 0 Å². The third kappa shape index (κ3) is 2.51. The molecular weight excluding hydrogens is 344 g/mol. The van der Waals surface area contributed by atoms with E-state index in [0.29, 0.717) is 0 Å². The SMILES string of the molecule is C#CCNC(=O)CN1C(=O)C(Br)=C(Br)C1=O. The Morgan fingerprint density at radius 2 is 1.81 bits per heavy atom. The molecule has 0 unspecified atom stereocenters. The van der Waals surface area contributed by atoms with Gasteiger partial charge < -0.3 is 5.32 Å². The maximum Gasteiger partial charge on any atom is 0.269 e. The number of rotatable bonds is 3. The minimum absolute atomic E-state index is 0.0603. The number of imide groups is 1. The van der Waals surface area contributed by atoms with Crippen LogP contribution in [0.4, 0.5) is 0 Å². The van der Waals surface area contributed by atoms with Gasteiger partial charge in [0, 0.05) is 0 Å². The molecule has 0 saturated heterocycles. The molecule has 1 N–H and O–H groups in total. The molecule has 0 atom stereocenters. The highest BCUT2D eigenvalue weighted by Gasteiger charge is 2.36. The minimum atomic E-state index is -0.548. The molecule has 0 aromatic rings. The smallest absolute Gasteiger partial charge is 0.269 e. The number of amides is 3. The first-order chi connectivity index (χ1) is 7.49. The fourth-order valence-electron chi connectivity index (χ4n) is 1.01. The van der Waals surface area contributed by atoms with Gasteiger partial charge in [-0.1, -0.05) is 5.92 Å². The molecule has 1 aliphatic heterocycles. The van der Waals surface area contributed by atoms with Crippen molar-refractivity contribution >= 4 is 49.6 Å². The van der Waals surface area contributed by atoms with E-state index in [9.17, 15) is 14.4 Å². The molecule has 0 bridgehead atoms. The highest BCUT2D eigenvalue weighted by molar-refractivity contribution is 9.14. The number of nitrogens with one attached hydrogen (secondary N) is 1. The van der Waals surface area contributed by atoms with Crippen LogP contribution in [-0.4, -0.2) is 35.7 Å². The molecule has 0 radical (unpaired) electrons. The van der Waals surface area contributed by atoms with Gasteiger partial charge in [-0.05, 0) is 31.9 Å². The summed E-state index contributed by atoms with van der Waals surface area (Å²) in [6.45, 7) is -0.283. The Hall–Kier alpha value is -1.13. The molecule has 0 aromatic carbocycles. The molecule has 0 fully saturated rings. The molecule has 0 spiro atoms. The van der Waals surface area contributed by atoms with Gasteiger partial charge >= 0.3 is 0 Å². The van der Waals surface area contributed by atoms with Gasteiger partial charge in [0.2, 0.25) is 5.91 Å². The van der Waals surface area contributed by atoms with Crippen LogP contribution in [0.25, 0.3) is 0 Å². The fourth-order valence-corrected chi connectivity index (χ4v) is 1.78. The fraction of sp³-hybridized carbons (Fsp3) is 0.222. The molecule has 1 heterocycles. The molecule has 3 amide bonds. The molecule has 1 aliphatic rings. The van der Waals surface area contributed by atoms with Gasteiger partial charge in [-0.3, -0.25) is 19.3 Å². The largest absolute Gasteiger partial charge is 0.344 e. The Balaban J connectivity index is 2.66. The van der Waals surface area contributed by atoms with Crippen molar-refractivity contribution in [3.8, 4) is 12.3 Å². The maximum absolute atomic E-state index is 11.5. The zero-order valence-electron chi connectivity index (χ0n) is 7.92. The number of carbonyl (C=O) groups excluding carboxylic acids is 3. The zero-order chi connectivity index (χ0) is 12.3. The summed E-state index contributed by atoms with van der Waals surface area (Å²) < 4.78 is 0.226. The lowest BCUT2D eigenvalue weighted by Gasteiger charge is -2.12. The van der Waals surface area contributed by atoms with Crippen LogP contribution in [0.15, 0.2) is 8.96 Å². The van der Waals surface area contributed by atoms with Gasteiger partial charge in [0.1, 0.15) is 15.5 Å². The molecule has 0 aromatic heterocycles. The van der Waals surface area contributed by atoms with Crippen molar-refractivity contribution in [2.24, 2.45) is 0 Å². The van der Waals surface area contributed by atoms with Gasteiger partial charge in [0.25, 0.3) is 11.8 Å². The first-order valence-corrected chi connectivity index (χ1v) is 5.69. The third-order valence-corrected chi connectivity index (χ3v) is 3.75. The maximum atomic E-state index is 11.5. The normalized spacial score (nSPS) is 15.4. The van der Waals surface area contributed by atoms with Crippen molar-refractivity contribution in [1.29, 1.82) is 0 Å². The standard InChI is InChI=1S/C9H6Br2N2O3/c1-2-3-12-5(14)4-13-8(15)6(10)7(11)9(13)16/h1H,3-4H2,(H,12,14). The van der Waals surface area contributed by atoms with Crippen LogP contribution in [0.2, 0.25) is 0 Å².